The van der Waals surface area contributed by atoms with Crippen molar-refractivity contribution in [2.45, 2.75) is 57.1 Å². The molecular weight excluding hydrogens is 653 g/mol. The minimum Gasteiger partial charge on any atom is -0.430 e. The van der Waals surface area contributed by atoms with Gasteiger partial charge in [-0.3, -0.25) is 0 Å². The molecule has 0 aliphatic carbocycles. The summed E-state index contributed by atoms with van der Waals surface area (Å²) in [7, 11) is 0. The minimum atomic E-state index is -1.06. The average Bonchev–Trinajstić information content (AvgIpc) is 3.11. The normalized spacial score (nSPS) is 20.8. The summed E-state index contributed by atoms with van der Waals surface area (Å²) < 4.78 is 39.0. The van der Waals surface area contributed by atoms with Gasteiger partial charge in [-0.25, -0.2) is 0 Å². The van der Waals surface area contributed by atoms with Gasteiger partial charge in [0.15, 0.2) is 0 Å². The van der Waals surface area contributed by atoms with Gasteiger partial charge in [0.1, 0.15) is 24.4 Å². The Labute approximate surface area is 289 Å². The summed E-state index contributed by atoms with van der Waals surface area (Å²) in [5, 5.41) is -0.238. The lowest BCUT2D eigenvalue weighted by molar-refractivity contribution is -0.311. The van der Waals surface area contributed by atoms with Crippen LogP contribution in [0.15, 0.2) is 121 Å². The lowest BCUT2D eigenvalue weighted by Crippen LogP contribution is -2.62. The number of nitrogens with zero attached hydrogens (tertiary/aromatic N) is 3. The van der Waals surface area contributed by atoms with Crippen LogP contribution in [-0.4, -0.2) is 52.3 Å². The molecular formula is C37H35Cl2N3O6. The number of halogens is 2. The van der Waals surface area contributed by atoms with Gasteiger partial charge in [-0.15, -0.1) is 0 Å². The van der Waals surface area contributed by atoms with Crippen LogP contribution in [0.3, 0.4) is 0 Å². The van der Waals surface area contributed by atoms with Crippen LogP contribution in [0.5, 0.6) is 6.01 Å². The maximum atomic E-state index is 6.71. The van der Waals surface area contributed by atoms with Gasteiger partial charge in [-0.05, 0) is 45.5 Å². The highest BCUT2D eigenvalue weighted by molar-refractivity contribution is 6.31. The molecule has 0 unspecified atom stereocenters. The fourth-order valence-electron chi connectivity index (χ4n) is 5.31. The van der Waals surface area contributed by atoms with Crippen molar-refractivity contribution in [1.29, 1.82) is 0 Å². The molecule has 0 N–H and O–H groups in total. The van der Waals surface area contributed by atoms with E-state index in [1.165, 1.54) is 0 Å². The number of rotatable bonds is 15. The Morgan fingerprint density at radius 3 is 1.40 bits per heavy atom. The molecule has 1 saturated heterocycles. The van der Waals surface area contributed by atoms with Crippen LogP contribution < -0.4 is 4.74 Å². The number of hydrogen-bond acceptors (Lipinski definition) is 9. The highest BCUT2D eigenvalue weighted by Crippen LogP contribution is 2.32. The van der Waals surface area contributed by atoms with E-state index in [0.717, 1.165) is 22.3 Å². The van der Waals surface area contributed by atoms with E-state index in [1.807, 2.05) is 121 Å². The van der Waals surface area contributed by atoms with Gasteiger partial charge in [0.2, 0.25) is 16.9 Å². The topological polar surface area (TPSA) is 94.1 Å². The molecule has 1 aromatic heterocycles. The summed E-state index contributed by atoms with van der Waals surface area (Å²) in [6.45, 7) is 1.39. The van der Waals surface area contributed by atoms with Gasteiger partial charge in [-0.2, -0.15) is 15.0 Å². The van der Waals surface area contributed by atoms with E-state index in [4.69, 9.17) is 51.6 Å². The SMILES string of the molecule is Clc1nc(Cl)nc(O[C@@H]2O[C@H](COCc3ccccc3)[C@@H](OCc3ccccc3)[C@H](OCc3ccccc3)[C@H]2OCc2ccccc2)n1. The quantitative estimate of drug-likeness (QED) is 0.113. The summed E-state index contributed by atoms with van der Waals surface area (Å²) in [6.07, 6.45) is -3.84. The molecule has 5 aromatic rings. The number of hydrogen-bond donors (Lipinski definition) is 0. The molecule has 0 radical (unpaired) electrons. The third kappa shape index (κ3) is 9.81. The van der Waals surface area contributed by atoms with Crippen LogP contribution in [0.1, 0.15) is 22.3 Å². The third-order valence-electron chi connectivity index (χ3n) is 7.62. The van der Waals surface area contributed by atoms with E-state index in [9.17, 15) is 0 Å². The molecule has 0 spiro atoms. The molecule has 1 fully saturated rings. The molecule has 5 atom stereocenters. The molecule has 6 rings (SSSR count). The van der Waals surface area contributed by atoms with Crippen molar-refractivity contribution in [2.24, 2.45) is 0 Å². The van der Waals surface area contributed by atoms with Gasteiger partial charge in [0, 0.05) is 0 Å². The highest BCUT2D eigenvalue weighted by atomic mass is 35.5. The van der Waals surface area contributed by atoms with Crippen LogP contribution >= 0.6 is 23.2 Å². The lowest BCUT2D eigenvalue weighted by Gasteiger charge is -2.45. The van der Waals surface area contributed by atoms with Crippen LogP contribution in [0.25, 0.3) is 0 Å². The second-order valence-corrected chi connectivity index (χ2v) is 11.8. The van der Waals surface area contributed by atoms with Gasteiger partial charge < -0.3 is 28.4 Å². The summed E-state index contributed by atoms with van der Waals surface area (Å²) >= 11 is 12.2. The standard InChI is InChI=1S/C37H35Cl2N3O6/c38-35-40-36(39)42-37(41-35)48-34-33(46-24-29-19-11-4-12-20-29)32(45-23-28-17-9-3-10-18-28)31(44-22-27-15-7-2-8-16-27)30(47-34)25-43-21-26-13-5-1-6-14-26/h1-20,30-34H,21-25H2/t30-,31-,32+,33-,34+/m1/s1. The summed E-state index contributed by atoms with van der Waals surface area (Å²) in [5.74, 6) is 0. The Kier molecular flexibility index (Phi) is 12.4. The molecule has 1 aliphatic rings. The monoisotopic (exact) mass is 687 g/mol. The van der Waals surface area contributed by atoms with E-state index in [2.05, 4.69) is 15.0 Å². The van der Waals surface area contributed by atoms with Gasteiger partial charge in [0.05, 0.1) is 33.0 Å². The Bertz CT molecular complexity index is 1650. The van der Waals surface area contributed by atoms with Gasteiger partial charge >= 0.3 is 6.01 Å². The van der Waals surface area contributed by atoms with Crippen molar-refractivity contribution in [3.8, 4) is 6.01 Å². The van der Waals surface area contributed by atoms with E-state index >= 15 is 0 Å². The fraction of sp³-hybridized carbons (Fsp3) is 0.270. The highest BCUT2D eigenvalue weighted by Gasteiger charge is 2.50. The molecule has 0 bridgehead atoms. The van der Waals surface area contributed by atoms with Crippen LogP contribution in [0.4, 0.5) is 0 Å². The van der Waals surface area contributed by atoms with E-state index in [1.54, 1.807) is 0 Å². The molecule has 11 heteroatoms. The Balaban J connectivity index is 1.33. The summed E-state index contributed by atoms with van der Waals surface area (Å²) in [5.41, 5.74) is 3.97. The zero-order valence-electron chi connectivity index (χ0n) is 26.0. The first-order valence-corrected chi connectivity index (χ1v) is 16.3. The van der Waals surface area contributed by atoms with Crippen LogP contribution in [0.2, 0.25) is 10.6 Å². The molecule has 0 saturated carbocycles. The second kappa shape index (κ2) is 17.5. The zero-order valence-corrected chi connectivity index (χ0v) is 27.5. The van der Waals surface area contributed by atoms with Gasteiger partial charge in [0.25, 0.3) is 0 Å². The predicted molar refractivity (Wildman–Crippen MR) is 180 cm³/mol. The number of aromatic nitrogens is 3. The first-order valence-electron chi connectivity index (χ1n) is 15.6. The van der Waals surface area contributed by atoms with E-state index in [0.29, 0.717) is 13.2 Å². The maximum Gasteiger partial charge on any atom is 0.324 e. The predicted octanol–water partition coefficient (Wildman–Crippen LogP) is 7.26. The minimum absolute atomic E-state index is 0.118. The zero-order chi connectivity index (χ0) is 33.0. The van der Waals surface area contributed by atoms with Crippen molar-refractivity contribution < 1.29 is 28.4 Å². The fourth-order valence-corrected chi connectivity index (χ4v) is 5.66. The van der Waals surface area contributed by atoms with Crippen molar-refractivity contribution in [3.05, 3.63) is 154 Å². The largest absolute Gasteiger partial charge is 0.430 e. The van der Waals surface area contributed by atoms with Crippen molar-refractivity contribution in [3.63, 3.8) is 0 Å². The molecule has 248 valence electrons. The first kappa shape index (κ1) is 34.0. The van der Waals surface area contributed by atoms with E-state index < -0.39 is 30.7 Å². The number of benzene rings is 4. The van der Waals surface area contributed by atoms with Crippen molar-refractivity contribution >= 4 is 23.2 Å². The summed E-state index contributed by atoms with van der Waals surface area (Å²) in [6, 6.07) is 39.4. The maximum absolute atomic E-state index is 6.71. The first-order chi connectivity index (χ1) is 23.6. The lowest BCUT2D eigenvalue weighted by atomic mass is 9.97. The molecule has 1 aliphatic heterocycles. The third-order valence-corrected chi connectivity index (χ3v) is 7.96. The molecule has 4 aromatic carbocycles. The Hall–Kier alpha value is -3.93. The smallest absolute Gasteiger partial charge is 0.324 e. The Morgan fingerprint density at radius 1 is 0.500 bits per heavy atom. The number of ether oxygens (including phenoxy) is 6. The molecule has 48 heavy (non-hydrogen) atoms. The second-order valence-electron chi connectivity index (χ2n) is 11.1. The average molecular weight is 689 g/mol. The Morgan fingerprint density at radius 2 is 0.917 bits per heavy atom. The summed E-state index contributed by atoms with van der Waals surface area (Å²) in [4.78, 5) is 12.1. The van der Waals surface area contributed by atoms with Crippen molar-refractivity contribution in [2.75, 3.05) is 6.61 Å². The molecule has 9 nitrogen and oxygen atoms in total. The van der Waals surface area contributed by atoms with Crippen LogP contribution in [-0.2, 0) is 50.1 Å². The van der Waals surface area contributed by atoms with Gasteiger partial charge in [-0.1, -0.05) is 121 Å². The van der Waals surface area contributed by atoms with Crippen molar-refractivity contribution in [1.82, 2.24) is 15.0 Å². The van der Waals surface area contributed by atoms with E-state index in [-0.39, 0.29) is 36.4 Å². The molecule has 0 amide bonds. The molecule has 2 heterocycles. The van der Waals surface area contributed by atoms with Crippen LogP contribution in [0, 0.1) is 0 Å².